The Morgan fingerprint density at radius 3 is 3.00 bits per heavy atom. The molecule has 1 amide bonds. The van der Waals surface area contributed by atoms with Crippen LogP contribution in [0.2, 0.25) is 0 Å². The topological polar surface area (TPSA) is 38.3 Å². The van der Waals surface area contributed by atoms with Gasteiger partial charge in [0.25, 0.3) is 5.91 Å². The highest BCUT2D eigenvalue weighted by Crippen LogP contribution is 2.38. The summed E-state index contributed by atoms with van der Waals surface area (Å²) in [5, 5.41) is 6.71. The van der Waals surface area contributed by atoms with Crippen molar-refractivity contribution in [2.24, 2.45) is 0 Å². The number of halogens is 1. The van der Waals surface area contributed by atoms with Crippen LogP contribution in [0.3, 0.4) is 0 Å². The molecular formula is C16H10FNO2S. The van der Waals surface area contributed by atoms with Gasteiger partial charge in [-0.2, -0.15) is 11.3 Å². The normalized spacial score (nSPS) is 20.0. The first kappa shape index (κ1) is 12.3. The molecular weight excluding hydrogens is 289 g/mol. The third-order valence-electron chi connectivity index (χ3n) is 3.55. The highest BCUT2D eigenvalue weighted by atomic mass is 32.1. The number of benzene rings is 1. The summed E-state index contributed by atoms with van der Waals surface area (Å²) in [6, 6.07) is 6.29. The third-order valence-corrected chi connectivity index (χ3v) is 4.24. The van der Waals surface area contributed by atoms with E-state index in [0.29, 0.717) is 29.2 Å². The SMILES string of the molecule is O=C1Nc2cc(F)ccc2C1=C1C=C(c2ccsc2)CO1. The average molecular weight is 299 g/mol. The predicted octanol–water partition coefficient (Wildman–Crippen LogP) is 3.66. The lowest BCUT2D eigenvalue weighted by molar-refractivity contribution is -0.110. The van der Waals surface area contributed by atoms with E-state index in [2.05, 4.69) is 5.32 Å². The molecule has 0 saturated heterocycles. The van der Waals surface area contributed by atoms with Crippen LogP contribution in [-0.4, -0.2) is 12.5 Å². The Kier molecular flexibility index (Phi) is 2.68. The second-order valence-corrected chi connectivity index (χ2v) is 5.63. The van der Waals surface area contributed by atoms with Crippen LogP contribution < -0.4 is 5.32 Å². The summed E-state index contributed by atoms with van der Waals surface area (Å²) in [4.78, 5) is 12.1. The molecule has 0 saturated carbocycles. The smallest absolute Gasteiger partial charge is 0.260 e. The maximum atomic E-state index is 13.2. The summed E-state index contributed by atoms with van der Waals surface area (Å²) in [6.45, 7) is 0.444. The monoisotopic (exact) mass is 299 g/mol. The van der Waals surface area contributed by atoms with Gasteiger partial charge in [0.05, 0.1) is 11.3 Å². The number of thiophene rings is 1. The molecule has 3 heterocycles. The fraction of sp³-hybridized carbons (Fsp3) is 0.0625. The number of anilines is 1. The summed E-state index contributed by atoms with van der Waals surface area (Å²) < 4.78 is 18.9. The molecule has 3 nitrogen and oxygen atoms in total. The van der Waals surface area contributed by atoms with Crippen LogP contribution in [0.25, 0.3) is 11.1 Å². The van der Waals surface area contributed by atoms with E-state index in [1.54, 1.807) is 17.4 Å². The molecule has 1 aromatic heterocycles. The minimum absolute atomic E-state index is 0.256. The Morgan fingerprint density at radius 1 is 1.29 bits per heavy atom. The Balaban J connectivity index is 1.82. The van der Waals surface area contributed by atoms with Gasteiger partial charge in [0.15, 0.2) is 0 Å². The summed E-state index contributed by atoms with van der Waals surface area (Å²) >= 11 is 1.62. The number of hydrogen-bond acceptors (Lipinski definition) is 3. The van der Waals surface area contributed by atoms with E-state index in [0.717, 1.165) is 11.1 Å². The van der Waals surface area contributed by atoms with Crippen LogP contribution in [0.5, 0.6) is 0 Å². The van der Waals surface area contributed by atoms with Crippen molar-refractivity contribution in [2.75, 3.05) is 11.9 Å². The Labute approximate surface area is 124 Å². The largest absolute Gasteiger partial charge is 0.488 e. The number of carbonyl (C=O) groups excluding carboxylic acids is 1. The van der Waals surface area contributed by atoms with Crippen LogP contribution in [0.4, 0.5) is 10.1 Å². The average Bonchev–Trinajstić information content (AvgIpc) is 3.15. The molecule has 0 aliphatic carbocycles. The van der Waals surface area contributed by atoms with Crippen LogP contribution in [-0.2, 0) is 9.53 Å². The molecule has 4 rings (SSSR count). The minimum Gasteiger partial charge on any atom is -0.488 e. The van der Waals surface area contributed by atoms with E-state index in [4.69, 9.17) is 4.74 Å². The second-order valence-electron chi connectivity index (χ2n) is 4.85. The standard InChI is InChI=1S/C16H10FNO2S/c17-11-1-2-12-13(6-11)18-16(19)15(12)14-5-10(7-20-14)9-3-4-21-8-9/h1-6,8H,7H2,(H,18,19). The minimum atomic E-state index is -0.373. The molecule has 0 radical (unpaired) electrons. The molecule has 0 spiro atoms. The number of rotatable bonds is 1. The van der Waals surface area contributed by atoms with Crippen molar-refractivity contribution in [1.29, 1.82) is 0 Å². The van der Waals surface area contributed by atoms with Gasteiger partial charge in [0.2, 0.25) is 0 Å². The van der Waals surface area contributed by atoms with Gasteiger partial charge in [-0.05, 0) is 46.7 Å². The van der Waals surface area contributed by atoms with Crippen LogP contribution >= 0.6 is 11.3 Å². The van der Waals surface area contributed by atoms with Crippen LogP contribution in [0.1, 0.15) is 11.1 Å². The van der Waals surface area contributed by atoms with E-state index >= 15 is 0 Å². The number of carbonyl (C=O) groups is 1. The highest BCUT2D eigenvalue weighted by Gasteiger charge is 2.30. The molecule has 5 heteroatoms. The summed E-state index contributed by atoms with van der Waals surface area (Å²) in [5.74, 6) is -0.0883. The molecule has 1 aromatic carbocycles. The first-order valence-electron chi connectivity index (χ1n) is 6.44. The zero-order valence-electron chi connectivity index (χ0n) is 10.9. The molecule has 0 fully saturated rings. The Hall–Kier alpha value is -2.40. The van der Waals surface area contributed by atoms with Gasteiger partial charge >= 0.3 is 0 Å². The summed E-state index contributed by atoms with van der Waals surface area (Å²) in [5.41, 5.74) is 3.79. The van der Waals surface area contributed by atoms with Crippen molar-refractivity contribution < 1.29 is 13.9 Å². The van der Waals surface area contributed by atoms with Gasteiger partial charge in [-0.3, -0.25) is 4.79 Å². The number of fused-ring (bicyclic) bond motifs is 1. The van der Waals surface area contributed by atoms with Crippen molar-refractivity contribution >= 4 is 34.1 Å². The van der Waals surface area contributed by atoms with Crippen LogP contribution in [0.15, 0.2) is 46.9 Å². The lowest BCUT2D eigenvalue weighted by Gasteiger charge is -2.02. The molecule has 1 N–H and O–H groups in total. The first-order valence-corrected chi connectivity index (χ1v) is 7.38. The van der Waals surface area contributed by atoms with Gasteiger partial charge in [-0.25, -0.2) is 4.39 Å². The fourth-order valence-electron chi connectivity index (χ4n) is 2.54. The fourth-order valence-corrected chi connectivity index (χ4v) is 3.23. The van der Waals surface area contributed by atoms with Gasteiger partial charge in [-0.15, -0.1) is 0 Å². The summed E-state index contributed by atoms with van der Waals surface area (Å²) in [6.07, 6.45) is 1.88. The van der Waals surface area contributed by atoms with Gasteiger partial charge in [0, 0.05) is 11.1 Å². The third kappa shape index (κ3) is 1.97. The second kappa shape index (κ2) is 4.56. The van der Waals surface area contributed by atoms with Crippen molar-refractivity contribution in [2.45, 2.75) is 0 Å². The number of allylic oxidation sites excluding steroid dienone is 1. The van der Waals surface area contributed by atoms with Gasteiger partial charge < -0.3 is 10.1 Å². The van der Waals surface area contributed by atoms with Crippen molar-refractivity contribution in [3.8, 4) is 0 Å². The number of hydrogen-bond donors (Lipinski definition) is 1. The first-order chi connectivity index (χ1) is 10.2. The molecule has 0 unspecified atom stereocenters. The predicted molar refractivity (Wildman–Crippen MR) is 80.2 cm³/mol. The highest BCUT2D eigenvalue weighted by molar-refractivity contribution is 7.08. The molecule has 104 valence electrons. The Morgan fingerprint density at radius 2 is 2.19 bits per heavy atom. The van der Waals surface area contributed by atoms with Crippen molar-refractivity contribution in [3.63, 3.8) is 0 Å². The quantitative estimate of drug-likeness (QED) is 0.816. The van der Waals surface area contributed by atoms with Gasteiger partial charge in [-0.1, -0.05) is 0 Å². The van der Waals surface area contributed by atoms with Crippen molar-refractivity contribution in [1.82, 2.24) is 0 Å². The lowest BCUT2D eigenvalue weighted by Crippen LogP contribution is -2.05. The molecule has 2 aliphatic rings. The van der Waals surface area contributed by atoms with E-state index in [9.17, 15) is 9.18 Å². The molecule has 0 bridgehead atoms. The summed E-state index contributed by atoms with van der Waals surface area (Å²) in [7, 11) is 0. The van der Waals surface area contributed by atoms with E-state index in [1.807, 2.05) is 22.9 Å². The van der Waals surface area contributed by atoms with Crippen molar-refractivity contribution in [3.05, 3.63) is 63.8 Å². The Bertz CT molecular complexity index is 806. The van der Waals surface area contributed by atoms with Gasteiger partial charge in [0.1, 0.15) is 18.2 Å². The van der Waals surface area contributed by atoms with E-state index in [-0.39, 0.29) is 11.7 Å². The number of nitrogens with one attached hydrogen (secondary N) is 1. The maximum Gasteiger partial charge on any atom is 0.260 e. The molecule has 21 heavy (non-hydrogen) atoms. The molecule has 0 atom stereocenters. The molecule has 2 aromatic rings. The zero-order valence-corrected chi connectivity index (χ0v) is 11.7. The number of amides is 1. The zero-order chi connectivity index (χ0) is 14.4. The van der Waals surface area contributed by atoms with E-state index in [1.165, 1.54) is 12.1 Å². The maximum absolute atomic E-state index is 13.2. The number of ether oxygens (including phenoxy) is 1. The van der Waals surface area contributed by atoms with E-state index < -0.39 is 0 Å². The van der Waals surface area contributed by atoms with Crippen LogP contribution in [0, 0.1) is 5.82 Å². The molecule has 2 aliphatic heterocycles. The lowest BCUT2D eigenvalue weighted by atomic mass is 10.0.